The third-order valence-electron chi connectivity index (χ3n) is 7.21. The number of rotatable bonds is 5. The summed E-state index contributed by atoms with van der Waals surface area (Å²) in [6.07, 6.45) is 1.72. The molecular formula is C29H27F3N2O4. The average Bonchev–Trinajstić information content (AvgIpc) is 3.62. The molecule has 2 aromatic carbocycles. The lowest BCUT2D eigenvalue weighted by atomic mass is 9.69. The highest BCUT2D eigenvalue weighted by Gasteiger charge is 2.38. The fourth-order valence-electron chi connectivity index (χ4n) is 5.07. The fourth-order valence-corrected chi connectivity index (χ4v) is 5.07. The minimum atomic E-state index is -4.69. The standard InChI is InChI=1S/C29H27F3N2O4/c1-36-24-10-9-21(18-25(24)37-23-7-2-3-8-23)28(15-12-22(35)13-16-28)14-11-19-5-4-6-20(17-19)26-33-27(34-38-26)29(30,31)32/h4-6,9-10,17-18,23H,2-3,7-8,12-13,15-16H2,1H3. The van der Waals surface area contributed by atoms with Gasteiger partial charge in [0.1, 0.15) is 5.78 Å². The van der Waals surface area contributed by atoms with Crippen LogP contribution in [-0.4, -0.2) is 29.1 Å². The van der Waals surface area contributed by atoms with Crippen LogP contribution >= 0.6 is 0 Å². The van der Waals surface area contributed by atoms with E-state index in [0.29, 0.717) is 48.3 Å². The third-order valence-corrected chi connectivity index (χ3v) is 7.21. The molecule has 2 fully saturated rings. The Morgan fingerprint density at radius 3 is 2.50 bits per heavy atom. The number of carbonyl (C=O) groups excluding carboxylic acids is 1. The van der Waals surface area contributed by atoms with Gasteiger partial charge in [0.05, 0.1) is 18.6 Å². The molecule has 0 bridgehead atoms. The molecule has 2 saturated carbocycles. The molecule has 38 heavy (non-hydrogen) atoms. The SMILES string of the molecule is COc1ccc(C2(C#Cc3cccc(-c4nc(C(F)(F)F)no4)c3)CCC(=O)CC2)cc1OC1CCCC1. The number of hydrogen-bond acceptors (Lipinski definition) is 6. The minimum Gasteiger partial charge on any atom is -0.493 e. The van der Waals surface area contributed by atoms with Gasteiger partial charge < -0.3 is 14.0 Å². The van der Waals surface area contributed by atoms with Crippen molar-refractivity contribution in [3.63, 3.8) is 0 Å². The Labute approximate surface area is 218 Å². The van der Waals surface area contributed by atoms with E-state index in [2.05, 4.69) is 22.0 Å². The monoisotopic (exact) mass is 524 g/mol. The van der Waals surface area contributed by atoms with Crippen LogP contribution in [0.2, 0.25) is 0 Å². The van der Waals surface area contributed by atoms with E-state index in [1.807, 2.05) is 18.2 Å². The first kappa shape index (κ1) is 25.8. The van der Waals surface area contributed by atoms with E-state index < -0.39 is 17.4 Å². The van der Waals surface area contributed by atoms with E-state index in [9.17, 15) is 18.0 Å². The maximum atomic E-state index is 12.9. The molecule has 3 aromatic rings. The molecule has 0 radical (unpaired) electrons. The molecule has 2 aliphatic carbocycles. The van der Waals surface area contributed by atoms with Gasteiger partial charge in [0.25, 0.3) is 11.7 Å². The molecule has 198 valence electrons. The van der Waals surface area contributed by atoms with E-state index >= 15 is 0 Å². The number of benzene rings is 2. The van der Waals surface area contributed by atoms with Gasteiger partial charge in [-0.1, -0.05) is 29.1 Å². The molecule has 2 aliphatic rings. The van der Waals surface area contributed by atoms with E-state index in [1.54, 1.807) is 31.4 Å². The third kappa shape index (κ3) is 5.54. The lowest BCUT2D eigenvalue weighted by Gasteiger charge is -2.33. The molecule has 9 heteroatoms. The number of hydrogen-bond donors (Lipinski definition) is 0. The Balaban J connectivity index is 1.48. The first-order valence-corrected chi connectivity index (χ1v) is 12.7. The van der Waals surface area contributed by atoms with E-state index in [-0.39, 0.29) is 17.8 Å². The topological polar surface area (TPSA) is 74.5 Å². The number of Topliss-reactive ketones (excluding diaryl/α,β-unsaturated/α-hetero) is 1. The van der Waals surface area contributed by atoms with E-state index in [0.717, 1.165) is 31.2 Å². The molecule has 0 saturated heterocycles. The molecule has 5 rings (SSSR count). The molecule has 0 amide bonds. The number of methoxy groups -OCH3 is 1. The van der Waals surface area contributed by atoms with E-state index in [4.69, 9.17) is 14.0 Å². The molecule has 0 spiro atoms. The van der Waals surface area contributed by atoms with Crippen LogP contribution in [-0.2, 0) is 16.4 Å². The quantitative estimate of drug-likeness (QED) is 0.354. The van der Waals surface area contributed by atoms with Gasteiger partial charge in [-0.2, -0.15) is 18.2 Å². The summed E-state index contributed by atoms with van der Waals surface area (Å²) in [5, 5.41) is 3.03. The highest BCUT2D eigenvalue weighted by atomic mass is 19.4. The highest BCUT2D eigenvalue weighted by molar-refractivity contribution is 5.80. The van der Waals surface area contributed by atoms with Gasteiger partial charge in [0.2, 0.25) is 0 Å². The number of ether oxygens (including phenoxy) is 2. The zero-order chi connectivity index (χ0) is 26.8. The summed E-state index contributed by atoms with van der Waals surface area (Å²) in [6, 6.07) is 12.5. The number of alkyl halides is 3. The highest BCUT2D eigenvalue weighted by Crippen LogP contribution is 2.42. The Morgan fingerprint density at radius 1 is 1.05 bits per heavy atom. The first-order chi connectivity index (χ1) is 18.3. The van der Waals surface area contributed by atoms with Gasteiger partial charge in [-0.15, -0.1) is 0 Å². The van der Waals surface area contributed by atoms with Gasteiger partial charge in [-0.05, 0) is 74.4 Å². The van der Waals surface area contributed by atoms with Crippen molar-refractivity contribution in [1.82, 2.24) is 10.1 Å². The number of nitrogens with zero attached hydrogens (tertiary/aromatic N) is 2. The summed E-state index contributed by atoms with van der Waals surface area (Å²) < 4.78 is 55.4. The normalized spacial score (nSPS) is 17.6. The van der Waals surface area contributed by atoms with Crippen molar-refractivity contribution < 1.29 is 32.0 Å². The zero-order valence-electron chi connectivity index (χ0n) is 20.9. The van der Waals surface area contributed by atoms with Crippen molar-refractivity contribution in [2.75, 3.05) is 7.11 Å². The van der Waals surface area contributed by atoms with Crippen molar-refractivity contribution in [3.05, 3.63) is 59.4 Å². The van der Waals surface area contributed by atoms with Gasteiger partial charge in [-0.3, -0.25) is 4.79 Å². The minimum absolute atomic E-state index is 0.152. The average molecular weight is 525 g/mol. The molecule has 0 unspecified atom stereocenters. The molecule has 0 N–H and O–H groups in total. The van der Waals surface area contributed by atoms with E-state index in [1.165, 1.54) is 0 Å². The van der Waals surface area contributed by atoms with Gasteiger partial charge in [0, 0.05) is 24.0 Å². The van der Waals surface area contributed by atoms with Crippen molar-refractivity contribution in [2.45, 2.75) is 69.1 Å². The Morgan fingerprint density at radius 2 is 1.82 bits per heavy atom. The summed E-state index contributed by atoms with van der Waals surface area (Å²) in [7, 11) is 1.61. The summed E-state index contributed by atoms with van der Waals surface area (Å²) >= 11 is 0. The van der Waals surface area contributed by atoms with Gasteiger partial charge in [0.15, 0.2) is 11.5 Å². The van der Waals surface area contributed by atoms with Crippen molar-refractivity contribution in [1.29, 1.82) is 0 Å². The lowest BCUT2D eigenvalue weighted by Crippen LogP contribution is -2.30. The molecule has 0 atom stereocenters. The second-order valence-electron chi connectivity index (χ2n) is 9.76. The lowest BCUT2D eigenvalue weighted by molar-refractivity contribution is -0.146. The first-order valence-electron chi connectivity index (χ1n) is 12.7. The predicted molar refractivity (Wildman–Crippen MR) is 133 cm³/mol. The van der Waals surface area contributed by atoms with Crippen LogP contribution in [0.4, 0.5) is 13.2 Å². The molecule has 0 aliphatic heterocycles. The number of aromatic nitrogens is 2. The van der Waals surface area contributed by atoms with Crippen LogP contribution in [0.1, 0.15) is 68.3 Å². The van der Waals surface area contributed by atoms with Crippen molar-refractivity contribution >= 4 is 5.78 Å². The van der Waals surface area contributed by atoms with Crippen LogP contribution in [0.25, 0.3) is 11.5 Å². The largest absolute Gasteiger partial charge is 0.493 e. The second-order valence-corrected chi connectivity index (χ2v) is 9.76. The molecular weight excluding hydrogens is 497 g/mol. The maximum absolute atomic E-state index is 12.9. The summed E-state index contributed by atoms with van der Waals surface area (Å²) in [5.41, 5.74) is 1.29. The van der Waals surface area contributed by atoms with Gasteiger partial charge in [-0.25, -0.2) is 0 Å². The Hall–Kier alpha value is -3.80. The van der Waals surface area contributed by atoms with Crippen molar-refractivity contribution in [2.24, 2.45) is 0 Å². The van der Waals surface area contributed by atoms with Gasteiger partial charge >= 0.3 is 6.18 Å². The number of ketones is 1. The Bertz CT molecular complexity index is 1370. The maximum Gasteiger partial charge on any atom is 0.455 e. The zero-order valence-corrected chi connectivity index (χ0v) is 20.9. The predicted octanol–water partition coefficient (Wildman–Crippen LogP) is 6.52. The smallest absolute Gasteiger partial charge is 0.455 e. The second kappa shape index (κ2) is 10.5. The summed E-state index contributed by atoms with van der Waals surface area (Å²) in [4.78, 5) is 15.6. The number of carbonyl (C=O) groups is 1. The van der Waals surface area contributed by atoms with Crippen LogP contribution in [0.3, 0.4) is 0 Å². The molecule has 1 heterocycles. The fraction of sp³-hybridized carbons (Fsp3) is 0.414. The molecule has 1 aromatic heterocycles. The van der Waals surface area contributed by atoms with Crippen molar-refractivity contribution in [3.8, 4) is 34.8 Å². The molecule has 6 nitrogen and oxygen atoms in total. The summed E-state index contributed by atoms with van der Waals surface area (Å²) in [5.74, 6) is 6.57. The van der Waals surface area contributed by atoms with Crippen LogP contribution in [0.5, 0.6) is 11.5 Å². The van der Waals surface area contributed by atoms with Crippen LogP contribution < -0.4 is 9.47 Å². The number of halogens is 3. The Kier molecular flexibility index (Phi) is 7.15. The van der Waals surface area contributed by atoms with Crippen LogP contribution in [0.15, 0.2) is 47.0 Å². The summed E-state index contributed by atoms with van der Waals surface area (Å²) in [6.45, 7) is 0. The van der Waals surface area contributed by atoms with Crippen LogP contribution in [0, 0.1) is 11.8 Å².